The molecule has 8 heteroatoms. The second-order valence-electron chi connectivity index (χ2n) is 4.47. The quantitative estimate of drug-likeness (QED) is 0.879. The summed E-state index contributed by atoms with van der Waals surface area (Å²) in [5, 5.41) is 4.97. The SMILES string of the molecule is COc1ccsc1S(=O)(=O)NC1CCNCC1C.Cl. The molecule has 2 heterocycles. The molecule has 0 aromatic carbocycles. The predicted octanol–water partition coefficient (Wildman–Crippen LogP) is 1.45. The van der Waals surface area contributed by atoms with Crippen LogP contribution in [-0.4, -0.2) is 34.7 Å². The molecule has 2 rings (SSSR count). The highest BCUT2D eigenvalue weighted by molar-refractivity contribution is 7.91. The van der Waals surface area contributed by atoms with Crippen LogP contribution >= 0.6 is 23.7 Å². The second kappa shape index (κ2) is 6.90. The summed E-state index contributed by atoms with van der Waals surface area (Å²) in [4.78, 5) is 0. The van der Waals surface area contributed by atoms with Gasteiger partial charge in [0, 0.05) is 6.04 Å². The van der Waals surface area contributed by atoms with Crippen molar-refractivity contribution in [2.24, 2.45) is 5.92 Å². The highest BCUT2D eigenvalue weighted by atomic mass is 35.5. The summed E-state index contributed by atoms with van der Waals surface area (Å²) in [6, 6.07) is 1.66. The lowest BCUT2D eigenvalue weighted by molar-refractivity contribution is 0.327. The highest BCUT2D eigenvalue weighted by Gasteiger charge is 2.29. The van der Waals surface area contributed by atoms with E-state index in [2.05, 4.69) is 10.0 Å². The molecule has 0 bridgehead atoms. The van der Waals surface area contributed by atoms with Crippen molar-refractivity contribution >= 4 is 33.8 Å². The van der Waals surface area contributed by atoms with Crippen molar-refractivity contribution in [3.63, 3.8) is 0 Å². The van der Waals surface area contributed by atoms with Crippen LogP contribution in [0.1, 0.15) is 13.3 Å². The van der Waals surface area contributed by atoms with Gasteiger partial charge < -0.3 is 10.1 Å². The largest absolute Gasteiger partial charge is 0.494 e. The minimum atomic E-state index is -3.48. The fourth-order valence-corrected chi connectivity index (χ4v) is 4.75. The van der Waals surface area contributed by atoms with E-state index < -0.39 is 10.0 Å². The van der Waals surface area contributed by atoms with Crippen LogP contribution in [0.5, 0.6) is 5.75 Å². The van der Waals surface area contributed by atoms with Crippen molar-refractivity contribution in [1.82, 2.24) is 10.0 Å². The topological polar surface area (TPSA) is 67.4 Å². The fourth-order valence-electron chi connectivity index (χ4n) is 2.07. The Morgan fingerprint density at radius 3 is 2.89 bits per heavy atom. The highest BCUT2D eigenvalue weighted by Crippen LogP contribution is 2.30. The molecular formula is C11H19ClN2O3S2. The maximum Gasteiger partial charge on any atom is 0.254 e. The Kier molecular flexibility index (Phi) is 6.07. The fraction of sp³-hybridized carbons (Fsp3) is 0.636. The number of hydrogen-bond acceptors (Lipinski definition) is 5. The van der Waals surface area contributed by atoms with Crippen molar-refractivity contribution in [2.75, 3.05) is 20.2 Å². The van der Waals surface area contributed by atoms with Crippen molar-refractivity contribution in [3.8, 4) is 5.75 Å². The van der Waals surface area contributed by atoms with Gasteiger partial charge in [0.15, 0.2) is 4.21 Å². The van der Waals surface area contributed by atoms with E-state index in [0.717, 1.165) is 19.5 Å². The molecule has 0 saturated carbocycles. The standard InChI is InChI=1S/C11H18N2O3S2.ClH/c1-8-7-12-5-3-9(8)13-18(14,15)11-10(16-2)4-6-17-11;/h4,6,8-9,12-13H,3,5,7H2,1-2H3;1H. The van der Waals surface area contributed by atoms with Crippen molar-refractivity contribution < 1.29 is 13.2 Å². The molecule has 2 N–H and O–H groups in total. The lowest BCUT2D eigenvalue weighted by atomic mass is 9.97. The minimum absolute atomic E-state index is 0. The maximum absolute atomic E-state index is 12.3. The monoisotopic (exact) mass is 326 g/mol. The minimum Gasteiger partial charge on any atom is -0.494 e. The summed E-state index contributed by atoms with van der Waals surface area (Å²) in [5.74, 6) is 0.702. The van der Waals surface area contributed by atoms with Gasteiger partial charge in [0.2, 0.25) is 0 Å². The average Bonchev–Trinajstić information content (AvgIpc) is 2.81. The summed E-state index contributed by atoms with van der Waals surface area (Å²) in [7, 11) is -2.00. The molecule has 19 heavy (non-hydrogen) atoms. The number of piperidine rings is 1. The summed E-state index contributed by atoms with van der Waals surface area (Å²) < 4.78 is 32.7. The van der Waals surface area contributed by atoms with Gasteiger partial charge in [-0.05, 0) is 36.9 Å². The van der Waals surface area contributed by atoms with Gasteiger partial charge in [-0.2, -0.15) is 0 Å². The molecule has 5 nitrogen and oxygen atoms in total. The Morgan fingerprint density at radius 1 is 1.53 bits per heavy atom. The summed E-state index contributed by atoms with van der Waals surface area (Å²) in [6.07, 6.45) is 0.814. The molecule has 2 atom stereocenters. The zero-order valence-electron chi connectivity index (χ0n) is 10.9. The first-order valence-corrected chi connectivity index (χ1v) is 8.25. The number of thiophene rings is 1. The molecule has 0 radical (unpaired) electrons. The Balaban J connectivity index is 0.00000180. The van der Waals surface area contributed by atoms with E-state index in [0.29, 0.717) is 11.7 Å². The molecule has 1 saturated heterocycles. The van der Waals surface area contributed by atoms with Gasteiger partial charge in [0.05, 0.1) is 7.11 Å². The van der Waals surface area contributed by atoms with Crippen LogP contribution < -0.4 is 14.8 Å². The zero-order valence-corrected chi connectivity index (χ0v) is 13.3. The molecule has 1 aliphatic rings. The Hall–Kier alpha value is -0.340. The molecule has 110 valence electrons. The van der Waals surface area contributed by atoms with Crippen LogP contribution in [0.3, 0.4) is 0 Å². The van der Waals surface area contributed by atoms with Crippen molar-refractivity contribution in [2.45, 2.75) is 23.6 Å². The Bertz CT molecular complexity index is 504. The first-order valence-electron chi connectivity index (χ1n) is 5.89. The second-order valence-corrected chi connectivity index (χ2v) is 7.30. The molecular weight excluding hydrogens is 308 g/mol. The summed E-state index contributed by atoms with van der Waals surface area (Å²) in [5.41, 5.74) is 0. The summed E-state index contributed by atoms with van der Waals surface area (Å²) in [6.45, 7) is 3.73. The van der Waals surface area contributed by atoms with E-state index in [1.807, 2.05) is 6.92 Å². The molecule has 0 amide bonds. The molecule has 2 unspecified atom stereocenters. The van der Waals surface area contributed by atoms with Gasteiger partial charge >= 0.3 is 0 Å². The van der Waals surface area contributed by atoms with E-state index in [-0.39, 0.29) is 22.7 Å². The molecule has 0 aliphatic carbocycles. The first kappa shape index (κ1) is 16.7. The summed E-state index contributed by atoms with van der Waals surface area (Å²) >= 11 is 1.18. The average molecular weight is 327 g/mol. The first-order chi connectivity index (χ1) is 8.54. The lowest BCUT2D eigenvalue weighted by Crippen LogP contribution is -2.48. The van der Waals surface area contributed by atoms with Crippen LogP contribution in [-0.2, 0) is 10.0 Å². The zero-order chi connectivity index (χ0) is 13.2. The number of rotatable bonds is 4. The van der Waals surface area contributed by atoms with Crippen LogP contribution in [0.25, 0.3) is 0 Å². The van der Waals surface area contributed by atoms with Crippen LogP contribution in [0.15, 0.2) is 15.7 Å². The van der Waals surface area contributed by atoms with Crippen molar-refractivity contribution in [3.05, 3.63) is 11.4 Å². The van der Waals surface area contributed by atoms with Gasteiger partial charge in [-0.1, -0.05) is 6.92 Å². The Morgan fingerprint density at radius 2 is 2.26 bits per heavy atom. The van der Waals surface area contributed by atoms with Gasteiger partial charge in [0.25, 0.3) is 10.0 Å². The third kappa shape index (κ3) is 3.82. The van der Waals surface area contributed by atoms with E-state index in [1.165, 1.54) is 18.4 Å². The molecule has 0 spiro atoms. The lowest BCUT2D eigenvalue weighted by Gasteiger charge is -2.29. The predicted molar refractivity (Wildman–Crippen MR) is 78.9 cm³/mol. The van der Waals surface area contributed by atoms with E-state index >= 15 is 0 Å². The Labute approximate surface area is 124 Å². The van der Waals surface area contributed by atoms with Crippen LogP contribution in [0.2, 0.25) is 0 Å². The normalized spacial score (nSPS) is 23.7. The van der Waals surface area contributed by atoms with Gasteiger partial charge in [-0.3, -0.25) is 0 Å². The van der Waals surface area contributed by atoms with E-state index in [4.69, 9.17) is 4.74 Å². The van der Waals surface area contributed by atoms with Crippen LogP contribution in [0.4, 0.5) is 0 Å². The van der Waals surface area contributed by atoms with E-state index in [9.17, 15) is 8.42 Å². The molecule has 1 aromatic heterocycles. The van der Waals surface area contributed by atoms with Gasteiger partial charge in [0.1, 0.15) is 5.75 Å². The number of hydrogen-bond donors (Lipinski definition) is 2. The third-order valence-electron chi connectivity index (χ3n) is 3.15. The van der Waals surface area contributed by atoms with Crippen LogP contribution in [0, 0.1) is 5.92 Å². The maximum atomic E-state index is 12.3. The van der Waals surface area contributed by atoms with Gasteiger partial charge in [-0.25, -0.2) is 13.1 Å². The number of sulfonamides is 1. The van der Waals surface area contributed by atoms with E-state index in [1.54, 1.807) is 11.4 Å². The number of methoxy groups -OCH3 is 1. The number of ether oxygens (including phenoxy) is 1. The molecule has 1 fully saturated rings. The van der Waals surface area contributed by atoms with Crippen molar-refractivity contribution in [1.29, 1.82) is 0 Å². The number of nitrogens with one attached hydrogen (secondary N) is 2. The smallest absolute Gasteiger partial charge is 0.254 e. The molecule has 1 aliphatic heterocycles. The molecule has 1 aromatic rings. The third-order valence-corrected chi connectivity index (χ3v) is 6.09. The van der Waals surface area contributed by atoms with Gasteiger partial charge in [-0.15, -0.1) is 23.7 Å². The number of halogens is 1.